The average Bonchev–Trinajstić information content (AvgIpc) is 3.33. The molecule has 4 aromatic rings. The summed E-state index contributed by atoms with van der Waals surface area (Å²) in [6.07, 6.45) is 5.23. The average molecular weight is 407 g/mol. The van der Waals surface area contributed by atoms with Gasteiger partial charge >= 0.3 is 0 Å². The molecule has 1 aromatic carbocycles. The van der Waals surface area contributed by atoms with Gasteiger partial charge in [-0.25, -0.2) is 9.37 Å². The molecule has 3 aromatic heterocycles. The molecule has 0 aliphatic rings. The number of amides is 1. The highest BCUT2D eigenvalue weighted by atomic mass is 32.1. The first-order chi connectivity index (χ1) is 14.1. The molecule has 0 aliphatic heterocycles. The molecule has 0 atom stereocenters. The SMILES string of the molecule is Cc1nc(-c2ccn(Cc3cccc(F)c3)n2)sc1C(=O)NCc1cccnc1. The summed E-state index contributed by atoms with van der Waals surface area (Å²) < 4.78 is 15.1. The molecule has 146 valence electrons. The topological polar surface area (TPSA) is 72.7 Å². The molecule has 0 bridgehead atoms. The van der Waals surface area contributed by atoms with E-state index in [1.165, 1.54) is 23.5 Å². The van der Waals surface area contributed by atoms with Crippen LogP contribution in [0.4, 0.5) is 4.39 Å². The van der Waals surface area contributed by atoms with Gasteiger partial charge in [-0.3, -0.25) is 14.5 Å². The Hall–Kier alpha value is -3.39. The Bertz CT molecular complexity index is 1140. The molecule has 0 spiro atoms. The van der Waals surface area contributed by atoms with Crippen molar-refractivity contribution in [1.82, 2.24) is 25.1 Å². The molecular formula is C21H18FN5OS. The molecule has 4 rings (SSSR count). The Morgan fingerprint density at radius 3 is 2.86 bits per heavy atom. The maximum absolute atomic E-state index is 13.4. The minimum atomic E-state index is -0.271. The van der Waals surface area contributed by atoms with Gasteiger partial charge in [0.1, 0.15) is 21.4 Å². The number of nitrogens with zero attached hydrogens (tertiary/aromatic N) is 4. The largest absolute Gasteiger partial charge is 0.347 e. The van der Waals surface area contributed by atoms with E-state index >= 15 is 0 Å². The molecule has 0 unspecified atom stereocenters. The second-order valence-electron chi connectivity index (χ2n) is 6.51. The number of benzene rings is 1. The van der Waals surface area contributed by atoms with E-state index in [0.717, 1.165) is 11.1 Å². The van der Waals surface area contributed by atoms with Crippen LogP contribution in [0.5, 0.6) is 0 Å². The van der Waals surface area contributed by atoms with Crippen LogP contribution in [0.1, 0.15) is 26.5 Å². The molecule has 0 radical (unpaired) electrons. The van der Waals surface area contributed by atoms with Crippen molar-refractivity contribution in [3.63, 3.8) is 0 Å². The first kappa shape index (κ1) is 18.9. The van der Waals surface area contributed by atoms with Gasteiger partial charge in [-0.15, -0.1) is 11.3 Å². The van der Waals surface area contributed by atoms with Crippen LogP contribution in [0.2, 0.25) is 0 Å². The number of hydrogen-bond acceptors (Lipinski definition) is 5. The number of aryl methyl sites for hydroxylation is 1. The number of nitrogens with one attached hydrogen (secondary N) is 1. The van der Waals surface area contributed by atoms with E-state index in [9.17, 15) is 9.18 Å². The predicted molar refractivity (Wildman–Crippen MR) is 109 cm³/mol. The fourth-order valence-electron chi connectivity index (χ4n) is 2.87. The summed E-state index contributed by atoms with van der Waals surface area (Å²) in [7, 11) is 0. The molecule has 8 heteroatoms. The summed E-state index contributed by atoms with van der Waals surface area (Å²) >= 11 is 1.30. The number of hydrogen-bond donors (Lipinski definition) is 1. The minimum absolute atomic E-state index is 0.172. The van der Waals surface area contributed by atoms with Crippen molar-refractivity contribution in [3.8, 4) is 10.7 Å². The molecule has 0 aliphatic carbocycles. The molecule has 0 saturated carbocycles. The van der Waals surface area contributed by atoms with Crippen molar-refractivity contribution >= 4 is 17.2 Å². The maximum Gasteiger partial charge on any atom is 0.263 e. The molecule has 29 heavy (non-hydrogen) atoms. The van der Waals surface area contributed by atoms with Gasteiger partial charge < -0.3 is 5.32 Å². The van der Waals surface area contributed by atoms with Crippen LogP contribution in [0.25, 0.3) is 10.7 Å². The Morgan fingerprint density at radius 1 is 1.21 bits per heavy atom. The van der Waals surface area contributed by atoms with Crippen LogP contribution in [0.15, 0.2) is 61.1 Å². The van der Waals surface area contributed by atoms with E-state index in [-0.39, 0.29) is 11.7 Å². The Labute approximate surface area is 171 Å². The lowest BCUT2D eigenvalue weighted by atomic mass is 10.2. The van der Waals surface area contributed by atoms with Gasteiger partial charge in [-0.05, 0) is 42.3 Å². The van der Waals surface area contributed by atoms with Crippen LogP contribution >= 0.6 is 11.3 Å². The van der Waals surface area contributed by atoms with Crippen molar-refractivity contribution < 1.29 is 9.18 Å². The third-order valence-corrected chi connectivity index (χ3v) is 5.45. The monoisotopic (exact) mass is 407 g/mol. The van der Waals surface area contributed by atoms with Gasteiger partial charge in [0, 0.05) is 25.1 Å². The lowest BCUT2D eigenvalue weighted by molar-refractivity contribution is 0.0954. The quantitative estimate of drug-likeness (QED) is 0.527. The number of thiazole rings is 1. The van der Waals surface area contributed by atoms with Crippen molar-refractivity contribution in [2.45, 2.75) is 20.0 Å². The second kappa shape index (κ2) is 8.32. The Kier molecular flexibility index (Phi) is 5.44. The number of aromatic nitrogens is 4. The fraction of sp³-hybridized carbons (Fsp3) is 0.143. The zero-order valence-electron chi connectivity index (χ0n) is 15.7. The first-order valence-electron chi connectivity index (χ1n) is 9.01. The predicted octanol–water partition coefficient (Wildman–Crippen LogP) is 3.83. The van der Waals surface area contributed by atoms with Crippen molar-refractivity contribution in [1.29, 1.82) is 0 Å². The van der Waals surface area contributed by atoms with Crippen molar-refractivity contribution in [2.24, 2.45) is 0 Å². The van der Waals surface area contributed by atoms with E-state index in [0.29, 0.717) is 34.4 Å². The van der Waals surface area contributed by atoms with Gasteiger partial charge in [0.05, 0.1) is 12.2 Å². The van der Waals surface area contributed by atoms with Gasteiger partial charge in [0.25, 0.3) is 5.91 Å². The Balaban J connectivity index is 1.46. The lowest BCUT2D eigenvalue weighted by Crippen LogP contribution is -2.22. The normalized spacial score (nSPS) is 10.8. The zero-order valence-corrected chi connectivity index (χ0v) is 16.5. The molecule has 1 N–H and O–H groups in total. The highest BCUT2D eigenvalue weighted by Crippen LogP contribution is 2.27. The summed E-state index contributed by atoms with van der Waals surface area (Å²) in [6, 6.07) is 12.0. The number of carbonyl (C=O) groups is 1. The van der Waals surface area contributed by atoms with Crippen LogP contribution in [0.3, 0.4) is 0 Å². The smallest absolute Gasteiger partial charge is 0.263 e. The van der Waals surface area contributed by atoms with Crippen LogP contribution in [-0.4, -0.2) is 25.7 Å². The summed E-state index contributed by atoms with van der Waals surface area (Å²) in [5.41, 5.74) is 3.10. The zero-order chi connectivity index (χ0) is 20.2. The molecule has 1 amide bonds. The third kappa shape index (κ3) is 4.55. The highest BCUT2D eigenvalue weighted by molar-refractivity contribution is 7.17. The van der Waals surface area contributed by atoms with Crippen LogP contribution in [0, 0.1) is 12.7 Å². The minimum Gasteiger partial charge on any atom is -0.347 e. The van der Waals surface area contributed by atoms with Crippen molar-refractivity contribution in [2.75, 3.05) is 0 Å². The number of pyridine rings is 1. The van der Waals surface area contributed by atoms with E-state index in [4.69, 9.17) is 0 Å². The lowest BCUT2D eigenvalue weighted by Gasteiger charge is -2.03. The van der Waals surface area contributed by atoms with Crippen LogP contribution < -0.4 is 5.32 Å². The van der Waals surface area contributed by atoms with E-state index < -0.39 is 0 Å². The van der Waals surface area contributed by atoms with Crippen molar-refractivity contribution in [3.05, 3.63) is 88.6 Å². The summed E-state index contributed by atoms with van der Waals surface area (Å²) in [4.78, 5) is 21.6. The summed E-state index contributed by atoms with van der Waals surface area (Å²) in [5.74, 6) is -0.443. The molecule has 0 saturated heterocycles. The van der Waals surface area contributed by atoms with Gasteiger partial charge in [-0.2, -0.15) is 5.10 Å². The summed E-state index contributed by atoms with van der Waals surface area (Å²) in [5, 5.41) is 8.08. The second-order valence-corrected chi connectivity index (χ2v) is 7.51. The van der Waals surface area contributed by atoms with E-state index in [2.05, 4.69) is 20.4 Å². The molecular weight excluding hydrogens is 389 g/mol. The number of rotatable bonds is 6. The van der Waals surface area contributed by atoms with Gasteiger partial charge in [0.15, 0.2) is 0 Å². The molecule has 6 nitrogen and oxygen atoms in total. The van der Waals surface area contributed by atoms with Gasteiger partial charge in [-0.1, -0.05) is 18.2 Å². The van der Waals surface area contributed by atoms with E-state index in [1.54, 1.807) is 23.1 Å². The maximum atomic E-state index is 13.4. The first-order valence-corrected chi connectivity index (χ1v) is 9.83. The Morgan fingerprint density at radius 2 is 2.07 bits per heavy atom. The number of carbonyl (C=O) groups excluding carboxylic acids is 1. The third-order valence-electron chi connectivity index (χ3n) is 4.27. The highest BCUT2D eigenvalue weighted by Gasteiger charge is 2.17. The number of halogens is 1. The van der Waals surface area contributed by atoms with Crippen LogP contribution in [-0.2, 0) is 13.1 Å². The van der Waals surface area contributed by atoms with Gasteiger partial charge in [0.2, 0.25) is 0 Å². The standard InChI is InChI=1S/C21H18FN5OS/c1-14-19(20(28)24-12-16-5-3-8-23-11-16)29-21(25-14)18-7-9-27(26-18)13-15-4-2-6-17(22)10-15/h2-11H,12-13H2,1H3,(H,24,28). The molecule has 0 fully saturated rings. The van der Waals surface area contributed by atoms with E-state index in [1.807, 2.05) is 37.4 Å². The molecule has 3 heterocycles. The summed E-state index contributed by atoms with van der Waals surface area (Å²) in [6.45, 7) is 2.67. The fourth-order valence-corrected chi connectivity index (χ4v) is 3.82.